The molecule has 0 unspecified atom stereocenters. The standard InChI is InChI=1S/C16H14F2O2/c1-11-5-4-8-15(16(11)18)20-10-13(19)9-12-6-2-3-7-14(12)17/h2-8H,9-10H2,1H3. The van der Waals surface area contributed by atoms with E-state index in [0.717, 1.165) is 0 Å². The van der Waals surface area contributed by atoms with Crippen molar-refractivity contribution in [2.75, 3.05) is 6.61 Å². The van der Waals surface area contributed by atoms with E-state index in [-0.39, 0.29) is 24.6 Å². The van der Waals surface area contributed by atoms with Gasteiger partial charge in [0.25, 0.3) is 0 Å². The average Bonchev–Trinajstić information content (AvgIpc) is 2.43. The molecule has 0 N–H and O–H groups in total. The van der Waals surface area contributed by atoms with Crippen LogP contribution in [0.5, 0.6) is 5.75 Å². The van der Waals surface area contributed by atoms with E-state index < -0.39 is 11.6 Å². The van der Waals surface area contributed by atoms with Gasteiger partial charge in [0.2, 0.25) is 0 Å². The maximum Gasteiger partial charge on any atom is 0.174 e. The minimum atomic E-state index is -0.480. The molecule has 0 aliphatic carbocycles. The maximum absolute atomic E-state index is 13.6. The Kier molecular flexibility index (Phi) is 4.45. The van der Waals surface area contributed by atoms with Crippen molar-refractivity contribution in [3.63, 3.8) is 0 Å². The van der Waals surface area contributed by atoms with E-state index in [9.17, 15) is 13.6 Å². The molecular weight excluding hydrogens is 262 g/mol. The van der Waals surface area contributed by atoms with Crippen LogP contribution < -0.4 is 4.74 Å². The Hall–Kier alpha value is -2.23. The molecule has 20 heavy (non-hydrogen) atoms. The summed E-state index contributed by atoms with van der Waals surface area (Å²) >= 11 is 0. The van der Waals surface area contributed by atoms with Gasteiger partial charge in [0.15, 0.2) is 17.3 Å². The molecule has 0 radical (unpaired) electrons. The van der Waals surface area contributed by atoms with Gasteiger partial charge in [-0.25, -0.2) is 8.78 Å². The fraction of sp³-hybridized carbons (Fsp3) is 0.188. The summed E-state index contributed by atoms with van der Waals surface area (Å²) in [5.41, 5.74) is 0.759. The number of benzene rings is 2. The number of hydrogen-bond acceptors (Lipinski definition) is 2. The molecule has 2 rings (SSSR count). The van der Waals surface area contributed by atoms with Crippen molar-refractivity contribution >= 4 is 5.78 Å². The summed E-state index contributed by atoms with van der Waals surface area (Å²) in [6, 6.07) is 10.8. The first-order chi connectivity index (χ1) is 9.58. The molecule has 104 valence electrons. The second kappa shape index (κ2) is 6.28. The van der Waals surface area contributed by atoms with Crippen LogP contribution in [0.15, 0.2) is 42.5 Å². The molecule has 0 saturated heterocycles. The second-order valence-electron chi connectivity index (χ2n) is 4.48. The van der Waals surface area contributed by atoms with Gasteiger partial charge in [0.05, 0.1) is 0 Å². The first-order valence-corrected chi connectivity index (χ1v) is 6.21. The molecule has 0 heterocycles. The predicted octanol–water partition coefficient (Wildman–Crippen LogP) is 3.46. The first-order valence-electron chi connectivity index (χ1n) is 6.21. The van der Waals surface area contributed by atoms with Crippen LogP contribution in [0.25, 0.3) is 0 Å². The molecule has 2 nitrogen and oxygen atoms in total. The third-order valence-corrected chi connectivity index (χ3v) is 2.89. The molecule has 4 heteroatoms. The van der Waals surface area contributed by atoms with Gasteiger partial charge in [-0.2, -0.15) is 0 Å². The van der Waals surface area contributed by atoms with E-state index in [1.165, 1.54) is 12.1 Å². The third kappa shape index (κ3) is 3.41. The molecular formula is C16H14F2O2. The molecule has 0 aromatic heterocycles. The normalized spacial score (nSPS) is 10.3. The van der Waals surface area contributed by atoms with E-state index in [2.05, 4.69) is 0 Å². The van der Waals surface area contributed by atoms with Gasteiger partial charge in [0.1, 0.15) is 12.4 Å². The Morgan fingerprint density at radius 2 is 1.85 bits per heavy atom. The average molecular weight is 276 g/mol. The Bertz CT molecular complexity index is 624. The van der Waals surface area contributed by atoms with Gasteiger partial charge in [-0.05, 0) is 30.2 Å². The molecule has 0 spiro atoms. The SMILES string of the molecule is Cc1cccc(OCC(=O)Cc2ccccc2F)c1F. The van der Waals surface area contributed by atoms with Crippen molar-refractivity contribution in [2.24, 2.45) is 0 Å². The fourth-order valence-electron chi connectivity index (χ4n) is 1.80. The number of ether oxygens (including phenoxy) is 1. The van der Waals surface area contributed by atoms with E-state index in [0.29, 0.717) is 11.1 Å². The lowest BCUT2D eigenvalue weighted by atomic mass is 10.1. The van der Waals surface area contributed by atoms with Gasteiger partial charge in [-0.3, -0.25) is 4.79 Å². The van der Waals surface area contributed by atoms with Crippen molar-refractivity contribution in [1.29, 1.82) is 0 Å². The van der Waals surface area contributed by atoms with E-state index in [1.54, 1.807) is 37.3 Å². The van der Waals surface area contributed by atoms with Crippen molar-refractivity contribution in [2.45, 2.75) is 13.3 Å². The summed E-state index contributed by atoms with van der Waals surface area (Å²) in [5.74, 6) is -1.18. The molecule has 0 bridgehead atoms. The molecule has 0 aliphatic heterocycles. The Morgan fingerprint density at radius 1 is 1.10 bits per heavy atom. The van der Waals surface area contributed by atoms with Gasteiger partial charge >= 0.3 is 0 Å². The molecule has 0 atom stereocenters. The number of hydrogen-bond donors (Lipinski definition) is 0. The van der Waals surface area contributed by atoms with Crippen LogP contribution in [-0.2, 0) is 11.2 Å². The quantitative estimate of drug-likeness (QED) is 0.836. The first kappa shape index (κ1) is 14.2. The van der Waals surface area contributed by atoms with Crippen LogP contribution in [0.3, 0.4) is 0 Å². The smallest absolute Gasteiger partial charge is 0.174 e. The van der Waals surface area contributed by atoms with Crippen molar-refractivity contribution < 1.29 is 18.3 Å². The lowest BCUT2D eigenvalue weighted by molar-refractivity contribution is -0.120. The van der Waals surface area contributed by atoms with Gasteiger partial charge < -0.3 is 4.74 Å². The molecule has 0 fully saturated rings. The van der Waals surface area contributed by atoms with E-state index in [4.69, 9.17) is 4.74 Å². The highest BCUT2D eigenvalue weighted by molar-refractivity contribution is 5.82. The van der Waals surface area contributed by atoms with Crippen LogP contribution >= 0.6 is 0 Å². The number of Topliss-reactive ketones (excluding diaryl/α,β-unsaturated/α-hetero) is 1. The van der Waals surface area contributed by atoms with Crippen LogP contribution in [0, 0.1) is 18.6 Å². The third-order valence-electron chi connectivity index (χ3n) is 2.89. The monoisotopic (exact) mass is 276 g/mol. The predicted molar refractivity (Wildman–Crippen MR) is 71.7 cm³/mol. The summed E-state index contributed by atoms with van der Waals surface area (Å²) in [7, 11) is 0. The number of halogens is 2. The van der Waals surface area contributed by atoms with Crippen molar-refractivity contribution in [3.8, 4) is 5.75 Å². The molecule has 0 amide bonds. The topological polar surface area (TPSA) is 26.3 Å². The van der Waals surface area contributed by atoms with Crippen LogP contribution in [-0.4, -0.2) is 12.4 Å². The van der Waals surface area contributed by atoms with Crippen LogP contribution in [0.4, 0.5) is 8.78 Å². The van der Waals surface area contributed by atoms with Crippen molar-refractivity contribution in [3.05, 3.63) is 65.2 Å². The Labute approximate surface area is 116 Å². The Morgan fingerprint density at radius 3 is 2.60 bits per heavy atom. The molecule has 0 aliphatic rings. The highest BCUT2D eigenvalue weighted by atomic mass is 19.1. The van der Waals surface area contributed by atoms with Gasteiger partial charge in [0, 0.05) is 6.42 Å². The fourth-order valence-corrected chi connectivity index (χ4v) is 1.80. The van der Waals surface area contributed by atoms with Gasteiger partial charge in [-0.1, -0.05) is 30.3 Å². The zero-order valence-electron chi connectivity index (χ0n) is 11.0. The largest absolute Gasteiger partial charge is 0.483 e. The number of aryl methyl sites for hydroxylation is 1. The number of rotatable bonds is 5. The molecule has 0 saturated carbocycles. The van der Waals surface area contributed by atoms with E-state index in [1.807, 2.05) is 0 Å². The minimum absolute atomic E-state index is 0.0342. The summed E-state index contributed by atoms with van der Waals surface area (Å²) in [6.45, 7) is 1.33. The lowest BCUT2D eigenvalue weighted by Gasteiger charge is -2.08. The Balaban J connectivity index is 1.96. The van der Waals surface area contributed by atoms with Gasteiger partial charge in [-0.15, -0.1) is 0 Å². The van der Waals surface area contributed by atoms with Crippen LogP contribution in [0.2, 0.25) is 0 Å². The maximum atomic E-state index is 13.6. The number of carbonyl (C=O) groups is 1. The van der Waals surface area contributed by atoms with E-state index >= 15 is 0 Å². The summed E-state index contributed by atoms with van der Waals surface area (Å²) in [6.07, 6.45) is -0.0693. The number of ketones is 1. The zero-order chi connectivity index (χ0) is 14.5. The summed E-state index contributed by atoms with van der Waals surface area (Å²) < 4.78 is 32.2. The highest BCUT2D eigenvalue weighted by Gasteiger charge is 2.11. The molecule has 2 aromatic carbocycles. The summed E-state index contributed by atoms with van der Waals surface area (Å²) in [5, 5.41) is 0. The summed E-state index contributed by atoms with van der Waals surface area (Å²) in [4.78, 5) is 11.7. The second-order valence-corrected chi connectivity index (χ2v) is 4.48. The minimum Gasteiger partial charge on any atom is -0.483 e. The highest BCUT2D eigenvalue weighted by Crippen LogP contribution is 2.19. The van der Waals surface area contributed by atoms with Crippen molar-refractivity contribution in [1.82, 2.24) is 0 Å². The van der Waals surface area contributed by atoms with Crippen LogP contribution in [0.1, 0.15) is 11.1 Å². The zero-order valence-corrected chi connectivity index (χ0v) is 11.0. The molecule has 2 aromatic rings. The number of carbonyl (C=O) groups excluding carboxylic acids is 1. The lowest BCUT2D eigenvalue weighted by Crippen LogP contribution is -2.15.